The first-order valence-electron chi connectivity index (χ1n) is 5.38. The molecular weight excluding hydrogens is 191 g/mol. The van der Waals surface area contributed by atoms with E-state index in [1.807, 2.05) is 0 Å². The SMILES string of the molecule is CC[C@H](C)[C@H](N)CNc1ccc(F)cc1. The average molecular weight is 210 g/mol. The maximum Gasteiger partial charge on any atom is 0.123 e. The van der Waals surface area contributed by atoms with Crippen LogP contribution in [-0.4, -0.2) is 12.6 Å². The van der Waals surface area contributed by atoms with Crippen molar-refractivity contribution in [3.63, 3.8) is 0 Å². The Labute approximate surface area is 90.7 Å². The second-order valence-electron chi connectivity index (χ2n) is 3.94. The van der Waals surface area contributed by atoms with E-state index in [9.17, 15) is 4.39 Å². The highest BCUT2D eigenvalue weighted by molar-refractivity contribution is 5.42. The summed E-state index contributed by atoms with van der Waals surface area (Å²) in [6.07, 6.45) is 1.08. The van der Waals surface area contributed by atoms with Crippen LogP contribution < -0.4 is 11.1 Å². The van der Waals surface area contributed by atoms with Crippen molar-refractivity contribution < 1.29 is 4.39 Å². The highest BCUT2D eigenvalue weighted by Crippen LogP contribution is 2.10. The number of halogens is 1. The molecule has 0 radical (unpaired) electrons. The Morgan fingerprint density at radius 2 is 1.93 bits per heavy atom. The monoisotopic (exact) mass is 210 g/mol. The molecule has 0 amide bonds. The molecule has 0 spiro atoms. The van der Waals surface area contributed by atoms with Crippen molar-refractivity contribution in [1.29, 1.82) is 0 Å². The van der Waals surface area contributed by atoms with E-state index in [4.69, 9.17) is 5.73 Å². The van der Waals surface area contributed by atoms with Gasteiger partial charge in [0, 0.05) is 18.3 Å². The fourth-order valence-electron chi connectivity index (χ4n) is 1.31. The molecule has 84 valence electrons. The number of anilines is 1. The highest BCUT2D eigenvalue weighted by atomic mass is 19.1. The van der Waals surface area contributed by atoms with Gasteiger partial charge in [0.1, 0.15) is 5.82 Å². The molecule has 15 heavy (non-hydrogen) atoms. The van der Waals surface area contributed by atoms with Crippen molar-refractivity contribution in [2.75, 3.05) is 11.9 Å². The van der Waals surface area contributed by atoms with Gasteiger partial charge in [-0.25, -0.2) is 4.39 Å². The van der Waals surface area contributed by atoms with E-state index >= 15 is 0 Å². The number of hydrogen-bond acceptors (Lipinski definition) is 2. The second kappa shape index (κ2) is 5.71. The molecule has 0 aliphatic carbocycles. The molecule has 2 nitrogen and oxygen atoms in total. The normalized spacial score (nSPS) is 14.7. The summed E-state index contributed by atoms with van der Waals surface area (Å²) in [6, 6.07) is 6.46. The average Bonchev–Trinajstić information content (AvgIpc) is 2.26. The summed E-state index contributed by atoms with van der Waals surface area (Å²) in [4.78, 5) is 0. The third-order valence-corrected chi connectivity index (χ3v) is 2.76. The van der Waals surface area contributed by atoms with Crippen LogP contribution in [0.15, 0.2) is 24.3 Å². The van der Waals surface area contributed by atoms with Crippen molar-refractivity contribution >= 4 is 5.69 Å². The first-order chi connectivity index (χ1) is 7.13. The predicted molar refractivity (Wildman–Crippen MR) is 62.3 cm³/mol. The molecule has 1 rings (SSSR count). The molecule has 0 saturated heterocycles. The number of rotatable bonds is 5. The van der Waals surface area contributed by atoms with Crippen LogP contribution >= 0.6 is 0 Å². The van der Waals surface area contributed by atoms with Gasteiger partial charge in [-0.15, -0.1) is 0 Å². The Bertz CT molecular complexity index is 284. The second-order valence-corrected chi connectivity index (χ2v) is 3.94. The topological polar surface area (TPSA) is 38.0 Å². The van der Waals surface area contributed by atoms with E-state index in [1.165, 1.54) is 12.1 Å². The molecule has 0 unspecified atom stereocenters. The fraction of sp³-hybridized carbons (Fsp3) is 0.500. The van der Waals surface area contributed by atoms with Crippen LogP contribution in [0.4, 0.5) is 10.1 Å². The van der Waals surface area contributed by atoms with Gasteiger partial charge >= 0.3 is 0 Å². The summed E-state index contributed by atoms with van der Waals surface area (Å²) in [5.41, 5.74) is 6.88. The molecule has 3 N–H and O–H groups in total. The quantitative estimate of drug-likeness (QED) is 0.784. The van der Waals surface area contributed by atoms with Gasteiger partial charge in [-0.05, 0) is 30.2 Å². The third-order valence-electron chi connectivity index (χ3n) is 2.76. The molecule has 0 saturated carbocycles. The summed E-state index contributed by atoms with van der Waals surface area (Å²) in [5, 5.41) is 3.20. The number of hydrogen-bond donors (Lipinski definition) is 2. The summed E-state index contributed by atoms with van der Waals surface area (Å²) >= 11 is 0. The number of nitrogens with two attached hydrogens (primary N) is 1. The maximum absolute atomic E-state index is 12.6. The van der Waals surface area contributed by atoms with Gasteiger partial charge in [0.05, 0.1) is 0 Å². The molecule has 1 aromatic rings. The van der Waals surface area contributed by atoms with Crippen molar-refractivity contribution in [3.8, 4) is 0 Å². The van der Waals surface area contributed by atoms with E-state index in [0.717, 1.165) is 18.7 Å². The molecule has 1 aromatic carbocycles. The first-order valence-corrected chi connectivity index (χ1v) is 5.38. The minimum absolute atomic E-state index is 0.139. The molecule has 0 aliphatic rings. The van der Waals surface area contributed by atoms with Gasteiger partial charge < -0.3 is 11.1 Å². The fourth-order valence-corrected chi connectivity index (χ4v) is 1.31. The molecule has 0 fully saturated rings. The predicted octanol–water partition coefficient (Wildman–Crippen LogP) is 2.61. The van der Waals surface area contributed by atoms with Crippen LogP contribution in [0.5, 0.6) is 0 Å². The smallest absolute Gasteiger partial charge is 0.123 e. The minimum Gasteiger partial charge on any atom is -0.383 e. The van der Waals surface area contributed by atoms with Crippen LogP contribution in [0.3, 0.4) is 0 Å². The maximum atomic E-state index is 12.6. The molecule has 2 atom stereocenters. The van der Waals surface area contributed by atoms with Gasteiger partial charge in [0.15, 0.2) is 0 Å². The summed E-state index contributed by atoms with van der Waals surface area (Å²) in [5.74, 6) is 0.282. The Kier molecular flexibility index (Phi) is 4.56. The van der Waals surface area contributed by atoms with Gasteiger partial charge in [0.25, 0.3) is 0 Å². The number of benzene rings is 1. The molecule has 0 aromatic heterocycles. The standard InChI is InChI=1S/C12H19FN2/c1-3-9(2)12(14)8-15-11-6-4-10(13)5-7-11/h4-7,9,12,15H,3,8,14H2,1-2H3/t9-,12+/m0/s1. The van der Waals surface area contributed by atoms with Crippen molar-refractivity contribution in [1.82, 2.24) is 0 Å². The highest BCUT2D eigenvalue weighted by Gasteiger charge is 2.09. The van der Waals surface area contributed by atoms with Crippen LogP contribution in [0, 0.1) is 11.7 Å². The molecule has 0 aliphatic heterocycles. The lowest BCUT2D eigenvalue weighted by molar-refractivity contribution is 0.457. The zero-order valence-electron chi connectivity index (χ0n) is 9.33. The molecular formula is C12H19FN2. The van der Waals surface area contributed by atoms with Crippen molar-refractivity contribution in [2.45, 2.75) is 26.3 Å². The van der Waals surface area contributed by atoms with E-state index < -0.39 is 0 Å². The van der Waals surface area contributed by atoms with Gasteiger partial charge in [0.2, 0.25) is 0 Å². The largest absolute Gasteiger partial charge is 0.383 e. The van der Waals surface area contributed by atoms with E-state index in [0.29, 0.717) is 5.92 Å². The molecule has 0 heterocycles. The minimum atomic E-state index is -0.216. The van der Waals surface area contributed by atoms with Crippen LogP contribution in [0.1, 0.15) is 20.3 Å². The Hall–Kier alpha value is -1.09. The lowest BCUT2D eigenvalue weighted by Gasteiger charge is -2.19. The Balaban J connectivity index is 2.40. The van der Waals surface area contributed by atoms with Crippen LogP contribution in [0.2, 0.25) is 0 Å². The zero-order chi connectivity index (χ0) is 11.3. The van der Waals surface area contributed by atoms with Crippen LogP contribution in [-0.2, 0) is 0 Å². The Morgan fingerprint density at radius 3 is 2.47 bits per heavy atom. The number of nitrogens with one attached hydrogen (secondary N) is 1. The summed E-state index contributed by atoms with van der Waals surface area (Å²) < 4.78 is 12.6. The lowest BCUT2D eigenvalue weighted by atomic mass is 10.0. The lowest BCUT2D eigenvalue weighted by Crippen LogP contribution is -2.35. The van der Waals surface area contributed by atoms with Gasteiger partial charge in [-0.3, -0.25) is 0 Å². The zero-order valence-corrected chi connectivity index (χ0v) is 9.33. The molecule has 0 bridgehead atoms. The van der Waals surface area contributed by atoms with Crippen LogP contribution in [0.25, 0.3) is 0 Å². The van der Waals surface area contributed by atoms with Crippen molar-refractivity contribution in [2.24, 2.45) is 11.7 Å². The molecule has 3 heteroatoms. The van der Waals surface area contributed by atoms with E-state index in [1.54, 1.807) is 12.1 Å². The first kappa shape index (κ1) is 12.0. The van der Waals surface area contributed by atoms with E-state index in [2.05, 4.69) is 19.2 Å². The summed E-state index contributed by atoms with van der Waals surface area (Å²) in [7, 11) is 0. The van der Waals surface area contributed by atoms with E-state index in [-0.39, 0.29) is 11.9 Å². The Morgan fingerprint density at radius 1 is 1.33 bits per heavy atom. The summed E-state index contributed by atoms with van der Waals surface area (Å²) in [6.45, 7) is 4.99. The third kappa shape index (κ3) is 3.88. The van der Waals surface area contributed by atoms with Crippen molar-refractivity contribution in [3.05, 3.63) is 30.1 Å². The van der Waals surface area contributed by atoms with Gasteiger partial charge in [-0.2, -0.15) is 0 Å². The van der Waals surface area contributed by atoms with Gasteiger partial charge in [-0.1, -0.05) is 20.3 Å².